The first-order valence-electron chi connectivity index (χ1n) is 4.58. The highest BCUT2D eigenvalue weighted by molar-refractivity contribution is 6.33. The summed E-state index contributed by atoms with van der Waals surface area (Å²) in [5.41, 5.74) is 1.69. The van der Waals surface area contributed by atoms with E-state index >= 15 is 0 Å². The smallest absolute Gasteiger partial charge is 0.226 e. The zero-order valence-electron chi connectivity index (χ0n) is 8.60. The number of nitrogens with one attached hydrogen (secondary N) is 1. The van der Waals surface area contributed by atoms with E-state index < -0.39 is 0 Å². The molecule has 0 spiro atoms. The second kappa shape index (κ2) is 4.47. The number of carbonyl (C=O) groups excluding carboxylic acids is 1. The number of anilines is 1. The van der Waals surface area contributed by atoms with E-state index in [0.717, 1.165) is 5.56 Å². The van der Waals surface area contributed by atoms with Crippen molar-refractivity contribution in [2.45, 2.75) is 20.8 Å². The Labute approximate surface area is 89.3 Å². The van der Waals surface area contributed by atoms with Crippen molar-refractivity contribution in [2.75, 3.05) is 5.32 Å². The molecule has 1 N–H and O–H groups in total. The number of carbonyl (C=O) groups is 1. The molecule has 0 aliphatic carbocycles. The zero-order valence-corrected chi connectivity index (χ0v) is 9.35. The molecule has 0 unspecified atom stereocenters. The first-order valence-corrected chi connectivity index (χ1v) is 4.96. The molecule has 0 saturated carbocycles. The van der Waals surface area contributed by atoms with Crippen molar-refractivity contribution in [3.8, 4) is 0 Å². The van der Waals surface area contributed by atoms with Gasteiger partial charge in [0.1, 0.15) is 0 Å². The average Bonchev–Trinajstić information content (AvgIpc) is 2.11. The summed E-state index contributed by atoms with van der Waals surface area (Å²) in [6, 6.07) is 5.55. The molecule has 0 saturated heterocycles. The Balaban J connectivity index is 2.91. The largest absolute Gasteiger partial charge is 0.324 e. The first kappa shape index (κ1) is 11.1. The molecule has 0 atom stereocenters. The van der Waals surface area contributed by atoms with E-state index in [1.807, 2.05) is 32.9 Å². The molecule has 0 radical (unpaired) electrons. The van der Waals surface area contributed by atoms with Crippen LogP contribution in [0, 0.1) is 12.8 Å². The Morgan fingerprint density at radius 2 is 2.07 bits per heavy atom. The van der Waals surface area contributed by atoms with Crippen LogP contribution in [0.3, 0.4) is 0 Å². The molecule has 0 aromatic heterocycles. The number of aryl methyl sites for hydroxylation is 1. The SMILES string of the molecule is Cc1cccc(Cl)c1NC(=O)C(C)C. The topological polar surface area (TPSA) is 29.1 Å². The van der Waals surface area contributed by atoms with Crippen LogP contribution in [-0.4, -0.2) is 5.91 Å². The van der Waals surface area contributed by atoms with Crippen molar-refractivity contribution < 1.29 is 4.79 Å². The molecule has 1 rings (SSSR count). The highest BCUT2D eigenvalue weighted by Gasteiger charge is 2.10. The van der Waals surface area contributed by atoms with E-state index in [1.165, 1.54) is 0 Å². The van der Waals surface area contributed by atoms with Gasteiger partial charge in [-0.3, -0.25) is 4.79 Å². The lowest BCUT2D eigenvalue weighted by Crippen LogP contribution is -2.18. The standard InChI is InChI=1S/C11H14ClNO/c1-7(2)11(14)13-10-8(3)5-4-6-9(10)12/h4-7H,1-3H3,(H,13,14). The third-order valence-electron chi connectivity index (χ3n) is 1.99. The van der Waals surface area contributed by atoms with Gasteiger partial charge in [0.2, 0.25) is 5.91 Å². The summed E-state index contributed by atoms with van der Waals surface area (Å²) < 4.78 is 0. The minimum Gasteiger partial charge on any atom is -0.324 e. The summed E-state index contributed by atoms with van der Waals surface area (Å²) >= 11 is 5.96. The van der Waals surface area contributed by atoms with Gasteiger partial charge in [-0.05, 0) is 18.6 Å². The normalized spacial score (nSPS) is 10.4. The summed E-state index contributed by atoms with van der Waals surface area (Å²) in [6.45, 7) is 5.62. The molecular formula is C11H14ClNO. The van der Waals surface area contributed by atoms with Crippen molar-refractivity contribution in [3.63, 3.8) is 0 Å². The molecule has 1 amide bonds. The van der Waals surface area contributed by atoms with Crippen LogP contribution in [0.1, 0.15) is 19.4 Å². The summed E-state index contributed by atoms with van der Waals surface area (Å²) in [5, 5.41) is 3.39. The third kappa shape index (κ3) is 2.48. The molecule has 1 aromatic carbocycles. The van der Waals surface area contributed by atoms with Gasteiger partial charge >= 0.3 is 0 Å². The number of hydrogen-bond acceptors (Lipinski definition) is 1. The number of benzene rings is 1. The van der Waals surface area contributed by atoms with Gasteiger partial charge in [0.05, 0.1) is 10.7 Å². The number of amides is 1. The van der Waals surface area contributed by atoms with Crippen molar-refractivity contribution in [1.82, 2.24) is 0 Å². The Hall–Kier alpha value is -1.02. The molecule has 2 nitrogen and oxygen atoms in total. The number of halogens is 1. The predicted octanol–water partition coefficient (Wildman–Crippen LogP) is 3.24. The Morgan fingerprint density at radius 1 is 1.43 bits per heavy atom. The fourth-order valence-corrected chi connectivity index (χ4v) is 1.33. The summed E-state index contributed by atoms with van der Waals surface area (Å²) in [5.74, 6) is -0.0492. The Morgan fingerprint density at radius 3 is 2.57 bits per heavy atom. The highest BCUT2D eigenvalue weighted by Crippen LogP contribution is 2.25. The van der Waals surface area contributed by atoms with Crippen molar-refractivity contribution >= 4 is 23.2 Å². The summed E-state index contributed by atoms with van der Waals surface area (Å²) in [7, 11) is 0. The van der Waals surface area contributed by atoms with Gasteiger partial charge in [-0.15, -0.1) is 0 Å². The summed E-state index contributed by atoms with van der Waals surface area (Å²) in [6.07, 6.45) is 0. The number of hydrogen-bond donors (Lipinski definition) is 1. The maximum atomic E-state index is 11.4. The van der Waals surface area contributed by atoms with Crippen LogP contribution in [0.5, 0.6) is 0 Å². The Bertz CT molecular complexity index is 327. The van der Waals surface area contributed by atoms with Gasteiger partial charge in [-0.1, -0.05) is 37.6 Å². The van der Waals surface area contributed by atoms with Crippen molar-refractivity contribution in [1.29, 1.82) is 0 Å². The van der Waals surface area contributed by atoms with Gasteiger partial charge in [0.25, 0.3) is 0 Å². The monoisotopic (exact) mass is 211 g/mol. The molecule has 1 aromatic rings. The van der Waals surface area contributed by atoms with Crippen LogP contribution in [0.2, 0.25) is 5.02 Å². The van der Waals surface area contributed by atoms with Gasteiger partial charge in [0, 0.05) is 5.92 Å². The predicted molar refractivity (Wildman–Crippen MR) is 59.7 cm³/mol. The minimum absolute atomic E-state index is 0.0128. The first-order chi connectivity index (χ1) is 6.52. The van der Waals surface area contributed by atoms with Crippen LogP contribution < -0.4 is 5.32 Å². The lowest BCUT2D eigenvalue weighted by Gasteiger charge is -2.11. The zero-order chi connectivity index (χ0) is 10.7. The molecule has 3 heteroatoms. The van der Waals surface area contributed by atoms with Gasteiger partial charge in [-0.25, -0.2) is 0 Å². The van der Waals surface area contributed by atoms with Crippen LogP contribution >= 0.6 is 11.6 Å². The van der Waals surface area contributed by atoms with Gasteiger partial charge in [-0.2, -0.15) is 0 Å². The Kier molecular flexibility index (Phi) is 3.53. The van der Waals surface area contributed by atoms with Crippen LogP contribution in [0.15, 0.2) is 18.2 Å². The third-order valence-corrected chi connectivity index (χ3v) is 2.31. The van der Waals surface area contributed by atoms with E-state index in [4.69, 9.17) is 11.6 Å². The van der Waals surface area contributed by atoms with E-state index in [-0.39, 0.29) is 11.8 Å². The second-order valence-electron chi connectivity index (χ2n) is 3.58. The number of rotatable bonds is 2. The quantitative estimate of drug-likeness (QED) is 0.800. The molecule has 0 bridgehead atoms. The number of para-hydroxylation sites is 1. The maximum Gasteiger partial charge on any atom is 0.226 e. The van der Waals surface area contributed by atoms with E-state index in [9.17, 15) is 4.79 Å². The molecule has 0 fully saturated rings. The maximum absolute atomic E-state index is 11.4. The molecule has 0 aliphatic heterocycles. The van der Waals surface area contributed by atoms with Crippen molar-refractivity contribution in [2.24, 2.45) is 5.92 Å². The molecule has 76 valence electrons. The molecule has 14 heavy (non-hydrogen) atoms. The van der Waals surface area contributed by atoms with Crippen LogP contribution in [0.4, 0.5) is 5.69 Å². The average molecular weight is 212 g/mol. The minimum atomic E-state index is -0.0364. The lowest BCUT2D eigenvalue weighted by molar-refractivity contribution is -0.118. The molecule has 0 heterocycles. The molecule has 0 aliphatic rings. The van der Waals surface area contributed by atoms with Gasteiger partial charge < -0.3 is 5.32 Å². The van der Waals surface area contributed by atoms with E-state index in [0.29, 0.717) is 10.7 Å². The second-order valence-corrected chi connectivity index (χ2v) is 3.98. The summed E-state index contributed by atoms with van der Waals surface area (Å²) in [4.78, 5) is 11.4. The lowest BCUT2D eigenvalue weighted by atomic mass is 10.1. The van der Waals surface area contributed by atoms with Crippen LogP contribution in [-0.2, 0) is 4.79 Å². The van der Waals surface area contributed by atoms with Crippen LogP contribution in [0.25, 0.3) is 0 Å². The van der Waals surface area contributed by atoms with E-state index in [2.05, 4.69) is 5.32 Å². The van der Waals surface area contributed by atoms with E-state index in [1.54, 1.807) is 6.07 Å². The fourth-order valence-electron chi connectivity index (χ4n) is 1.06. The molecular weight excluding hydrogens is 198 g/mol. The highest BCUT2D eigenvalue weighted by atomic mass is 35.5. The fraction of sp³-hybridized carbons (Fsp3) is 0.364. The van der Waals surface area contributed by atoms with Gasteiger partial charge in [0.15, 0.2) is 0 Å². The van der Waals surface area contributed by atoms with Crippen molar-refractivity contribution in [3.05, 3.63) is 28.8 Å².